The number of ether oxygens (including phenoxy) is 1. The molecule has 0 amide bonds. The summed E-state index contributed by atoms with van der Waals surface area (Å²) in [5.41, 5.74) is 7.03. The minimum absolute atomic E-state index is 0.0790. The quantitative estimate of drug-likeness (QED) is 0.486. The molecule has 0 saturated carbocycles. The SMILES string of the molecule is CC(C)(N)CNc1nc2cc(OCc3ccccc3)ccc2cc1[N+](=O)[O-]. The molecule has 0 radical (unpaired) electrons. The van der Waals surface area contributed by atoms with Crippen molar-refractivity contribution in [3.8, 4) is 5.75 Å². The fourth-order valence-corrected chi connectivity index (χ4v) is 2.55. The molecule has 3 rings (SSSR count). The van der Waals surface area contributed by atoms with E-state index in [1.165, 1.54) is 6.07 Å². The van der Waals surface area contributed by atoms with Crippen molar-refractivity contribution < 1.29 is 9.66 Å². The van der Waals surface area contributed by atoms with E-state index < -0.39 is 10.5 Å². The van der Waals surface area contributed by atoms with Gasteiger partial charge in [0.15, 0.2) is 0 Å². The molecule has 0 aliphatic carbocycles. The summed E-state index contributed by atoms with van der Waals surface area (Å²) in [5, 5.41) is 15.0. The number of benzene rings is 2. The van der Waals surface area contributed by atoms with Crippen LogP contribution in [0, 0.1) is 10.1 Å². The third kappa shape index (κ3) is 4.92. The summed E-state index contributed by atoms with van der Waals surface area (Å²) in [7, 11) is 0. The molecule has 0 atom stereocenters. The van der Waals surface area contributed by atoms with E-state index >= 15 is 0 Å². The average molecular weight is 366 g/mol. The lowest BCUT2D eigenvalue weighted by molar-refractivity contribution is -0.384. The number of hydrogen-bond acceptors (Lipinski definition) is 6. The van der Waals surface area contributed by atoms with Crippen molar-refractivity contribution in [2.24, 2.45) is 5.73 Å². The molecule has 7 nitrogen and oxygen atoms in total. The Hall–Kier alpha value is -3.19. The highest BCUT2D eigenvalue weighted by atomic mass is 16.6. The van der Waals surface area contributed by atoms with Gasteiger partial charge in [0.05, 0.1) is 10.4 Å². The maximum absolute atomic E-state index is 11.4. The van der Waals surface area contributed by atoms with Crippen LogP contribution in [0.3, 0.4) is 0 Å². The highest BCUT2D eigenvalue weighted by Gasteiger charge is 2.19. The third-order valence-corrected chi connectivity index (χ3v) is 3.93. The van der Waals surface area contributed by atoms with Gasteiger partial charge in [-0.15, -0.1) is 0 Å². The van der Waals surface area contributed by atoms with Crippen molar-refractivity contribution in [1.29, 1.82) is 0 Å². The molecule has 7 heteroatoms. The number of nitrogens with one attached hydrogen (secondary N) is 1. The number of nitrogens with zero attached hydrogens (tertiary/aromatic N) is 2. The second kappa shape index (κ2) is 7.59. The van der Waals surface area contributed by atoms with Gasteiger partial charge in [-0.2, -0.15) is 0 Å². The highest BCUT2D eigenvalue weighted by molar-refractivity contribution is 5.85. The van der Waals surface area contributed by atoms with E-state index in [4.69, 9.17) is 10.5 Å². The standard InChI is InChI=1S/C20H22N4O3/c1-20(2,21)13-22-19-18(24(25)26)10-15-8-9-16(11-17(15)23-19)27-12-14-6-4-3-5-7-14/h3-11H,12-13,21H2,1-2H3,(H,22,23). The van der Waals surface area contributed by atoms with Gasteiger partial charge in [-0.05, 0) is 31.5 Å². The van der Waals surface area contributed by atoms with Gasteiger partial charge in [0, 0.05) is 29.6 Å². The molecule has 0 unspecified atom stereocenters. The minimum atomic E-state index is -0.523. The van der Waals surface area contributed by atoms with Crippen LogP contribution >= 0.6 is 0 Å². The molecule has 0 aliphatic rings. The maximum Gasteiger partial charge on any atom is 0.312 e. The normalized spacial score (nSPS) is 11.4. The second-order valence-electron chi connectivity index (χ2n) is 7.08. The van der Waals surface area contributed by atoms with Crippen LogP contribution in [-0.2, 0) is 6.61 Å². The number of rotatable bonds is 7. The zero-order chi connectivity index (χ0) is 19.4. The molecular formula is C20H22N4O3. The minimum Gasteiger partial charge on any atom is -0.489 e. The monoisotopic (exact) mass is 366 g/mol. The van der Waals surface area contributed by atoms with Gasteiger partial charge in [0.25, 0.3) is 0 Å². The third-order valence-electron chi connectivity index (χ3n) is 3.93. The molecule has 3 aromatic rings. The molecule has 0 aliphatic heterocycles. The van der Waals surface area contributed by atoms with Crippen molar-refractivity contribution in [3.63, 3.8) is 0 Å². The molecule has 140 valence electrons. The molecule has 0 bridgehead atoms. The van der Waals surface area contributed by atoms with Crippen LogP contribution in [0.15, 0.2) is 54.6 Å². The van der Waals surface area contributed by atoms with Crippen molar-refractivity contribution >= 4 is 22.4 Å². The van der Waals surface area contributed by atoms with Gasteiger partial charge in [-0.3, -0.25) is 10.1 Å². The Labute approximate surface area is 157 Å². The number of fused-ring (bicyclic) bond motifs is 1. The number of nitro groups is 1. The van der Waals surface area contributed by atoms with Crippen LogP contribution in [0.4, 0.5) is 11.5 Å². The maximum atomic E-state index is 11.4. The Kier molecular flexibility index (Phi) is 5.23. The number of nitrogens with two attached hydrogens (primary N) is 1. The van der Waals surface area contributed by atoms with Gasteiger partial charge in [0.2, 0.25) is 5.82 Å². The first-order chi connectivity index (χ1) is 12.8. The lowest BCUT2D eigenvalue weighted by Crippen LogP contribution is -2.39. The number of hydrogen-bond donors (Lipinski definition) is 2. The predicted octanol–water partition coefficient (Wildman–Crippen LogP) is 3.87. The first-order valence-electron chi connectivity index (χ1n) is 8.60. The largest absolute Gasteiger partial charge is 0.489 e. The molecule has 2 aromatic carbocycles. The molecule has 0 spiro atoms. The van der Waals surface area contributed by atoms with E-state index in [2.05, 4.69) is 10.3 Å². The van der Waals surface area contributed by atoms with E-state index in [1.54, 1.807) is 18.2 Å². The van der Waals surface area contributed by atoms with Crippen molar-refractivity contribution in [3.05, 3.63) is 70.3 Å². The highest BCUT2D eigenvalue weighted by Crippen LogP contribution is 2.29. The van der Waals surface area contributed by atoms with Crippen molar-refractivity contribution in [2.45, 2.75) is 26.0 Å². The van der Waals surface area contributed by atoms with E-state index in [1.807, 2.05) is 44.2 Å². The van der Waals surface area contributed by atoms with E-state index in [-0.39, 0.29) is 11.5 Å². The summed E-state index contributed by atoms with van der Waals surface area (Å²) in [6.07, 6.45) is 0. The molecule has 27 heavy (non-hydrogen) atoms. The van der Waals surface area contributed by atoms with Crippen LogP contribution in [0.5, 0.6) is 5.75 Å². The summed E-state index contributed by atoms with van der Waals surface area (Å²) >= 11 is 0. The lowest BCUT2D eigenvalue weighted by atomic mass is 10.1. The van der Waals surface area contributed by atoms with E-state index in [0.29, 0.717) is 29.8 Å². The summed E-state index contributed by atoms with van der Waals surface area (Å²) in [5.74, 6) is 0.851. The first-order valence-corrected chi connectivity index (χ1v) is 8.60. The summed E-state index contributed by atoms with van der Waals surface area (Å²) < 4.78 is 5.82. The van der Waals surface area contributed by atoms with Gasteiger partial charge < -0.3 is 15.8 Å². The zero-order valence-electron chi connectivity index (χ0n) is 15.3. The molecule has 3 N–H and O–H groups in total. The second-order valence-corrected chi connectivity index (χ2v) is 7.08. The smallest absolute Gasteiger partial charge is 0.312 e. The van der Waals surface area contributed by atoms with Gasteiger partial charge >= 0.3 is 5.69 Å². The van der Waals surface area contributed by atoms with Crippen molar-refractivity contribution in [1.82, 2.24) is 4.98 Å². The van der Waals surface area contributed by atoms with Crippen LogP contribution < -0.4 is 15.8 Å². The van der Waals surface area contributed by atoms with E-state index in [0.717, 1.165) is 5.56 Å². The molecular weight excluding hydrogens is 344 g/mol. The average Bonchev–Trinajstić information content (AvgIpc) is 2.64. The predicted molar refractivity (Wildman–Crippen MR) is 106 cm³/mol. The Balaban J connectivity index is 1.87. The Morgan fingerprint density at radius 1 is 1.19 bits per heavy atom. The zero-order valence-corrected chi connectivity index (χ0v) is 15.3. The lowest BCUT2D eigenvalue weighted by Gasteiger charge is -2.19. The summed E-state index contributed by atoms with van der Waals surface area (Å²) in [4.78, 5) is 15.4. The molecule has 0 saturated heterocycles. The topological polar surface area (TPSA) is 103 Å². The molecule has 1 heterocycles. The fourth-order valence-electron chi connectivity index (χ4n) is 2.55. The Morgan fingerprint density at radius 3 is 2.59 bits per heavy atom. The molecule has 0 fully saturated rings. The van der Waals surface area contributed by atoms with E-state index in [9.17, 15) is 10.1 Å². The van der Waals surface area contributed by atoms with Gasteiger partial charge in [0.1, 0.15) is 12.4 Å². The van der Waals surface area contributed by atoms with Crippen LogP contribution in [-0.4, -0.2) is 22.0 Å². The number of anilines is 1. The van der Waals surface area contributed by atoms with Crippen LogP contribution in [0.25, 0.3) is 10.9 Å². The van der Waals surface area contributed by atoms with Gasteiger partial charge in [-0.1, -0.05) is 30.3 Å². The number of aromatic nitrogens is 1. The summed E-state index contributed by atoms with van der Waals surface area (Å²) in [6.45, 7) is 4.47. The fraction of sp³-hybridized carbons (Fsp3) is 0.250. The Morgan fingerprint density at radius 2 is 1.93 bits per heavy atom. The Bertz CT molecular complexity index is 953. The first kappa shape index (κ1) is 18.6. The molecule has 1 aromatic heterocycles. The summed E-state index contributed by atoms with van der Waals surface area (Å²) in [6, 6.07) is 16.7. The number of pyridine rings is 1. The van der Waals surface area contributed by atoms with Crippen LogP contribution in [0.2, 0.25) is 0 Å². The van der Waals surface area contributed by atoms with Crippen LogP contribution in [0.1, 0.15) is 19.4 Å². The van der Waals surface area contributed by atoms with Crippen molar-refractivity contribution in [2.75, 3.05) is 11.9 Å². The van der Waals surface area contributed by atoms with Gasteiger partial charge in [-0.25, -0.2) is 4.98 Å².